The van der Waals surface area contributed by atoms with E-state index in [0.717, 1.165) is 17.8 Å². The molecule has 1 aliphatic rings. The second kappa shape index (κ2) is 8.24. The number of benzene rings is 1. The number of thiazole rings is 1. The number of ether oxygens (including phenoxy) is 1. The molecule has 0 saturated heterocycles. The average Bonchev–Trinajstić information content (AvgIpc) is 3.15. The van der Waals surface area contributed by atoms with E-state index >= 15 is 0 Å². The quantitative estimate of drug-likeness (QED) is 0.665. The van der Waals surface area contributed by atoms with Crippen LogP contribution in [0.4, 0.5) is 0 Å². The first kappa shape index (κ1) is 20.9. The Labute approximate surface area is 173 Å². The number of aromatic hydroxyl groups is 1. The van der Waals surface area contributed by atoms with Crippen LogP contribution in [0.25, 0.3) is 0 Å². The van der Waals surface area contributed by atoms with Crippen molar-refractivity contribution in [1.82, 2.24) is 9.88 Å². The number of aliphatic hydroxyl groups excluding tert-OH is 1. The Kier molecular flexibility index (Phi) is 5.93. The summed E-state index contributed by atoms with van der Waals surface area (Å²) in [6.45, 7) is 5.91. The maximum atomic E-state index is 13.3. The second-order valence-corrected chi connectivity index (χ2v) is 8.13. The number of hydrogen-bond acceptors (Lipinski definition) is 7. The first-order chi connectivity index (χ1) is 13.8. The zero-order valence-electron chi connectivity index (χ0n) is 16.9. The minimum absolute atomic E-state index is 0.0161. The standard InChI is InChI=1S/C21H24N2O5S/c1-5-6-9-23-17(13-7-8-15(28-4)14(24)10-13)16(19(26)21(23)27)18(25)20-11(2)22-12(3)29-20/h7-8,10,17,24,26H,5-6,9H2,1-4H3. The first-order valence-corrected chi connectivity index (χ1v) is 10.2. The SMILES string of the molecule is CCCCN1C(=O)C(O)=C(C(=O)c2sc(C)nc2C)C1c1ccc(OC)c(O)c1. The van der Waals surface area contributed by atoms with Gasteiger partial charge in [-0.2, -0.15) is 0 Å². The van der Waals surface area contributed by atoms with Gasteiger partial charge in [0.2, 0.25) is 5.78 Å². The molecular weight excluding hydrogens is 392 g/mol. The lowest BCUT2D eigenvalue weighted by Gasteiger charge is -2.27. The smallest absolute Gasteiger partial charge is 0.290 e. The molecular formula is C21H24N2O5S. The summed E-state index contributed by atoms with van der Waals surface area (Å²) in [5, 5.41) is 21.6. The molecule has 0 bridgehead atoms. The summed E-state index contributed by atoms with van der Waals surface area (Å²) in [4.78, 5) is 32.3. The fraction of sp³-hybridized carbons (Fsp3) is 0.381. The molecule has 1 unspecified atom stereocenters. The molecule has 1 aromatic carbocycles. The van der Waals surface area contributed by atoms with Crippen molar-refractivity contribution in [3.05, 3.63) is 50.7 Å². The van der Waals surface area contributed by atoms with Gasteiger partial charge in [0.05, 0.1) is 34.3 Å². The molecule has 3 rings (SSSR count). The van der Waals surface area contributed by atoms with Crippen LogP contribution >= 0.6 is 11.3 Å². The van der Waals surface area contributed by atoms with Gasteiger partial charge in [0, 0.05) is 6.54 Å². The van der Waals surface area contributed by atoms with E-state index < -0.39 is 23.5 Å². The summed E-state index contributed by atoms with van der Waals surface area (Å²) in [5.41, 5.74) is 1.11. The van der Waals surface area contributed by atoms with Crippen LogP contribution in [0.2, 0.25) is 0 Å². The third-order valence-corrected chi connectivity index (χ3v) is 6.00. The number of carbonyl (C=O) groups is 2. The Morgan fingerprint density at radius 1 is 1.31 bits per heavy atom. The predicted molar refractivity (Wildman–Crippen MR) is 110 cm³/mol. The molecule has 1 aliphatic heterocycles. The Morgan fingerprint density at radius 3 is 2.59 bits per heavy atom. The van der Waals surface area contributed by atoms with Crippen LogP contribution in [-0.2, 0) is 4.79 Å². The van der Waals surface area contributed by atoms with Crippen LogP contribution in [0.3, 0.4) is 0 Å². The van der Waals surface area contributed by atoms with E-state index in [0.29, 0.717) is 22.7 Å². The van der Waals surface area contributed by atoms with Gasteiger partial charge in [-0.05, 0) is 38.0 Å². The van der Waals surface area contributed by atoms with E-state index in [2.05, 4.69) is 4.98 Å². The Morgan fingerprint density at radius 2 is 2.03 bits per heavy atom. The molecule has 2 heterocycles. The minimum atomic E-state index is -0.792. The number of ketones is 1. The number of hydrogen-bond donors (Lipinski definition) is 2. The van der Waals surface area contributed by atoms with Crippen molar-refractivity contribution in [2.75, 3.05) is 13.7 Å². The summed E-state index contributed by atoms with van der Waals surface area (Å²) in [6, 6.07) is 3.94. The highest BCUT2D eigenvalue weighted by molar-refractivity contribution is 7.14. The van der Waals surface area contributed by atoms with E-state index in [4.69, 9.17) is 4.74 Å². The number of amides is 1. The lowest BCUT2D eigenvalue weighted by Crippen LogP contribution is -2.32. The molecule has 8 heteroatoms. The number of aliphatic hydroxyl groups is 1. The molecule has 0 radical (unpaired) electrons. The molecule has 2 N–H and O–H groups in total. The normalized spacial score (nSPS) is 16.6. The van der Waals surface area contributed by atoms with Crippen LogP contribution in [0.5, 0.6) is 11.5 Å². The minimum Gasteiger partial charge on any atom is -0.504 e. The molecule has 1 amide bonds. The van der Waals surface area contributed by atoms with E-state index in [1.165, 1.54) is 29.4 Å². The monoisotopic (exact) mass is 416 g/mol. The summed E-state index contributed by atoms with van der Waals surface area (Å²) < 4.78 is 5.09. The molecule has 154 valence electrons. The van der Waals surface area contributed by atoms with Crippen LogP contribution < -0.4 is 4.74 Å². The topological polar surface area (TPSA) is 100.0 Å². The predicted octanol–water partition coefficient (Wildman–Crippen LogP) is 3.85. The number of rotatable bonds is 7. The summed E-state index contributed by atoms with van der Waals surface area (Å²) >= 11 is 1.23. The number of nitrogens with zero attached hydrogens (tertiary/aromatic N) is 2. The number of methoxy groups -OCH3 is 1. The zero-order valence-corrected chi connectivity index (χ0v) is 17.7. The maximum absolute atomic E-state index is 13.3. The molecule has 29 heavy (non-hydrogen) atoms. The molecule has 0 spiro atoms. The summed E-state index contributed by atoms with van der Waals surface area (Å²) in [7, 11) is 1.44. The summed E-state index contributed by atoms with van der Waals surface area (Å²) in [5.74, 6) is -1.36. The van der Waals surface area contributed by atoms with E-state index in [1.807, 2.05) is 6.92 Å². The summed E-state index contributed by atoms with van der Waals surface area (Å²) in [6.07, 6.45) is 1.57. The Hall–Kier alpha value is -2.87. The molecule has 2 aromatic rings. The number of carbonyl (C=O) groups excluding carboxylic acids is 2. The zero-order chi connectivity index (χ0) is 21.3. The molecule has 1 aromatic heterocycles. The van der Waals surface area contributed by atoms with E-state index in [9.17, 15) is 19.8 Å². The molecule has 1 atom stereocenters. The number of phenols is 1. The van der Waals surface area contributed by atoms with Crippen LogP contribution in [0.15, 0.2) is 29.5 Å². The Bertz CT molecular complexity index is 995. The van der Waals surface area contributed by atoms with Crippen LogP contribution in [-0.4, -0.2) is 45.4 Å². The lowest BCUT2D eigenvalue weighted by atomic mass is 9.94. The van der Waals surface area contributed by atoms with Gasteiger partial charge in [0.1, 0.15) is 0 Å². The van der Waals surface area contributed by atoms with E-state index in [1.54, 1.807) is 26.0 Å². The number of aromatic nitrogens is 1. The fourth-order valence-electron chi connectivity index (χ4n) is 3.53. The average molecular weight is 416 g/mol. The van der Waals surface area contributed by atoms with Crippen molar-refractivity contribution in [2.24, 2.45) is 0 Å². The van der Waals surface area contributed by atoms with Gasteiger partial charge in [-0.25, -0.2) is 4.98 Å². The highest BCUT2D eigenvalue weighted by Gasteiger charge is 2.44. The van der Waals surface area contributed by atoms with E-state index in [-0.39, 0.29) is 17.1 Å². The largest absolute Gasteiger partial charge is 0.504 e. The van der Waals surface area contributed by atoms with Crippen molar-refractivity contribution in [3.63, 3.8) is 0 Å². The lowest BCUT2D eigenvalue weighted by molar-refractivity contribution is -0.129. The molecule has 7 nitrogen and oxygen atoms in total. The van der Waals surface area contributed by atoms with Gasteiger partial charge in [0.25, 0.3) is 5.91 Å². The second-order valence-electron chi connectivity index (χ2n) is 6.92. The first-order valence-electron chi connectivity index (χ1n) is 9.39. The van der Waals surface area contributed by atoms with Crippen molar-refractivity contribution in [3.8, 4) is 11.5 Å². The van der Waals surface area contributed by atoms with Crippen LogP contribution in [0, 0.1) is 13.8 Å². The fourth-order valence-corrected chi connectivity index (χ4v) is 4.41. The van der Waals surface area contributed by atoms with Crippen LogP contribution in [0.1, 0.15) is 51.7 Å². The van der Waals surface area contributed by atoms with Gasteiger partial charge >= 0.3 is 0 Å². The maximum Gasteiger partial charge on any atom is 0.290 e. The third kappa shape index (κ3) is 3.72. The third-order valence-electron chi connectivity index (χ3n) is 4.93. The van der Waals surface area contributed by atoms with Crippen molar-refractivity contribution < 1.29 is 24.5 Å². The van der Waals surface area contributed by atoms with Gasteiger partial charge in [0.15, 0.2) is 17.3 Å². The van der Waals surface area contributed by atoms with Gasteiger partial charge in [-0.3, -0.25) is 9.59 Å². The molecule has 0 saturated carbocycles. The number of aryl methyl sites for hydroxylation is 2. The number of Topliss-reactive ketones (excluding diaryl/α,β-unsaturated/α-hetero) is 1. The van der Waals surface area contributed by atoms with Crippen molar-refractivity contribution >= 4 is 23.0 Å². The highest BCUT2D eigenvalue weighted by Crippen LogP contribution is 2.42. The molecule has 0 aliphatic carbocycles. The number of phenolic OH excluding ortho intramolecular Hbond substituents is 1. The van der Waals surface area contributed by atoms with Crippen molar-refractivity contribution in [2.45, 2.75) is 39.7 Å². The number of unbranched alkanes of at least 4 members (excludes halogenated alkanes) is 1. The van der Waals surface area contributed by atoms with Gasteiger partial charge in [-0.1, -0.05) is 19.4 Å². The van der Waals surface area contributed by atoms with Gasteiger partial charge in [-0.15, -0.1) is 11.3 Å². The molecule has 0 fully saturated rings. The highest BCUT2D eigenvalue weighted by atomic mass is 32.1. The van der Waals surface area contributed by atoms with Crippen molar-refractivity contribution in [1.29, 1.82) is 0 Å². The van der Waals surface area contributed by atoms with Gasteiger partial charge < -0.3 is 19.8 Å². The Balaban J connectivity index is 2.12.